The third kappa shape index (κ3) is 4.00. The van der Waals surface area contributed by atoms with E-state index in [4.69, 9.17) is 5.73 Å². The van der Waals surface area contributed by atoms with Crippen molar-refractivity contribution in [2.24, 2.45) is 0 Å². The van der Waals surface area contributed by atoms with E-state index >= 15 is 0 Å². The zero-order chi connectivity index (χ0) is 13.7. The molecule has 2 aromatic rings. The van der Waals surface area contributed by atoms with Crippen LogP contribution in [0.15, 0.2) is 48.5 Å². The van der Waals surface area contributed by atoms with Crippen LogP contribution in [0.25, 0.3) is 0 Å². The molecule has 100 valence electrons. The summed E-state index contributed by atoms with van der Waals surface area (Å²) in [6, 6.07) is 15.4. The number of aromatic hydroxyl groups is 1. The lowest BCUT2D eigenvalue weighted by atomic mass is 10.1. The molecular formula is C16H20N2O. The van der Waals surface area contributed by atoms with Crippen molar-refractivity contribution in [2.45, 2.75) is 20.0 Å². The summed E-state index contributed by atoms with van der Waals surface area (Å²) in [6.07, 6.45) is 0. The molecule has 0 aliphatic rings. The van der Waals surface area contributed by atoms with Crippen LogP contribution in [0.5, 0.6) is 5.75 Å². The lowest BCUT2D eigenvalue weighted by Crippen LogP contribution is -2.22. The van der Waals surface area contributed by atoms with Crippen molar-refractivity contribution in [3.8, 4) is 5.75 Å². The zero-order valence-electron chi connectivity index (χ0n) is 11.2. The molecule has 19 heavy (non-hydrogen) atoms. The highest BCUT2D eigenvalue weighted by Gasteiger charge is 2.05. The molecule has 0 saturated carbocycles. The molecule has 0 aliphatic heterocycles. The van der Waals surface area contributed by atoms with Crippen molar-refractivity contribution in [2.75, 3.05) is 12.3 Å². The third-order valence-corrected chi connectivity index (χ3v) is 3.15. The lowest BCUT2D eigenvalue weighted by molar-refractivity contribution is 0.271. The number of rotatable bonds is 5. The van der Waals surface area contributed by atoms with Crippen LogP contribution in [0.3, 0.4) is 0 Å². The summed E-state index contributed by atoms with van der Waals surface area (Å²) in [7, 11) is 0. The minimum absolute atomic E-state index is 0.320. The van der Waals surface area contributed by atoms with E-state index in [2.05, 4.69) is 24.0 Å². The molecule has 0 amide bonds. The minimum Gasteiger partial charge on any atom is -0.508 e. The standard InChI is InChI=1S/C16H20N2O/c1-2-18(11-13-6-8-15(17)9-7-13)12-14-4-3-5-16(19)10-14/h3-10,19H,2,11-12,17H2,1H3. The fourth-order valence-electron chi connectivity index (χ4n) is 2.07. The molecule has 0 heterocycles. The number of phenolic OH excluding ortho intramolecular Hbond substituents is 1. The Morgan fingerprint density at radius 3 is 2.32 bits per heavy atom. The third-order valence-electron chi connectivity index (χ3n) is 3.15. The quantitative estimate of drug-likeness (QED) is 0.808. The summed E-state index contributed by atoms with van der Waals surface area (Å²) in [5.41, 5.74) is 8.85. The molecule has 0 unspecified atom stereocenters. The topological polar surface area (TPSA) is 49.5 Å². The summed E-state index contributed by atoms with van der Waals surface area (Å²) in [5.74, 6) is 0.320. The predicted octanol–water partition coefficient (Wildman–Crippen LogP) is 3.00. The Balaban J connectivity index is 2.02. The van der Waals surface area contributed by atoms with Gasteiger partial charge in [0.15, 0.2) is 0 Å². The maximum Gasteiger partial charge on any atom is 0.115 e. The SMILES string of the molecule is CCN(Cc1ccc(N)cc1)Cc1cccc(O)c1. The second kappa shape index (κ2) is 6.25. The molecular weight excluding hydrogens is 236 g/mol. The molecule has 2 rings (SSSR count). The van der Waals surface area contributed by atoms with E-state index < -0.39 is 0 Å². The van der Waals surface area contributed by atoms with Gasteiger partial charge in [-0.2, -0.15) is 0 Å². The number of nitrogens with two attached hydrogens (primary N) is 1. The Labute approximate surface area is 114 Å². The number of hydrogen-bond donors (Lipinski definition) is 2. The Kier molecular flexibility index (Phi) is 4.42. The molecule has 0 atom stereocenters. The first-order valence-electron chi connectivity index (χ1n) is 6.52. The van der Waals surface area contributed by atoms with E-state index in [0.717, 1.165) is 30.9 Å². The molecule has 0 bridgehead atoms. The molecule has 0 aromatic heterocycles. The molecule has 0 fully saturated rings. The van der Waals surface area contributed by atoms with Crippen LogP contribution < -0.4 is 5.73 Å². The van der Waals surface area contributed by atoms with Crippen LogP contribution in [-0.2, 0) is 13.1 Å². The molecule has 3 N–H and O–H groups in total. The van der Waals surface area contributed by atoms with Gasteiger partial charge in [-0.05, 0) is 41.9 Å². The zero-order valence-corrected chi connectivity index (χ0v) is 11.2. The van der Waals surface area contributed by atoms with Gasteiger partial charge in [-0.15, -0.1) is 0 Å². The van der Waals surface area contributed by atoms with Gasteiger partial charge in [0.05, 0.1) is 0 Å². The van der Waals surface area contributed by atoms with Gasteiger partial charge >= 0.3 is 0 Å². The van der Waals surface area contributed by atoms with Crippen molar-refractivity contribution >= 4 is 5.69 Å². The molecule has 3 nitrogen and oxygen atoms in total. The first kappa shape index (κ1) is 13.4. The maximum atomic E-state index is 9.49. The molecule has 0 radical (unpaired) electrons. The predicted molar refractivity (Wildman–Crippen MR) is 78.7 cm³/mol. The van der Waals surface area contributed by atoms with Gasteiger partial charge in [-0.25, -0.2) is 0 Å². The highest BCUT2D eigenvalue weighted by Crippen LogP contribution is 2.15. The van der Waals surface area contributed by atoms with Gasteiger partial charge < -0.3 is 10.8 Å². The van der Waals surface area contributed by atoms with Crippen molar-refractivity contribution in [3.63, 3.8) is 0 Å². The minimum atomic E-state index is 0.320. The van der Waals surface area contributed by atoms with Gasteiger partial charge in [0.2, 0.25) is 0 Å². The van der Waals surface area contributed by atoms with Crippen LogP contribution in [0, 0.1) is 0 Å². The monoisotopic (exact) mass is 256 g/mol. The van der Waals surface area contributed by atoms with Crippen LogP contribution >= 0.6 is 0 Å². The number of phenols is 1. The van der Waals surface area contributed by atoms with Crippen molar-refractivity contribution in [1.29, 1.82) is 0 Å². The maximum absolute atomic E-state index is 9.49. The van der Waals surface area contributed by atoms with E-state index in [1.165, 1.54) is 5.56 Å². The van der Waals surface area contributed by atoms with Crippen LogP contribution in [-0.4, -0.2) is 16.6 Å². The average molecular weight is 256 g/mol. The van der Waals surface area contributed by atoms with Gasteiger partial charge in [-0.3, -0.25) is 4.90 Å². The molecule has 3 heteroatoms. The first-order valence-corrected chi connectivity index (χ1v) is 6.52. The van der Waals surface area contributed by atoms with Crippen molar-refractivity contribution in [3.05, 3.63) is 59.7 Å². The number of anilines is 1. The van der Waals surface area contributed by atoms with Crippen LogP contribution in [0.1, 0.15) is 18.1 Å². The Hall–Kier alpha value is -2.00. The van der Waals surface area contributed by atoms with Crippen LogP contribution in [0.4, 0.5) is 5.69 Å². The Morgan fingerprint density at radius 1 is 1.00 bits per heavy atom. The van der Waals surface area contributed by atoms with E-state index in [-0.39, 0.29) is 0 Å². The normalized spacial score (nSPS) is 10.8. The van der Waals surface area contributed by atoms with Gasteiger partial charge in [0.25, 0.3) is 0 Å². The summed E-state index contributed by atoms with van der Waals surface area (Å²) < 4.78 is 0. The summed E-state index contributed by atoms with van der Waals surface area (Å²) in [5, 5.41) is 9.49. The van der Waals surface area contributed by atoms with Gasteiger partial charge in [-0.1, -0.05) is 31.2 Å². The van der Waals surface area contributed by atoms with Crippen LogP contribution in [0.2, 0.25) is 0 Å². The summed E-state index contributed by atoms with van der Waals surface area (Å²) in [4.78, 5) is 2.32. The fourth-order valence-corrected chi connectivity index (χ4v) is 2.07. The van der Waals surface area contributed by atoms with Gasteiger partial charge in [0, 0.05) is 18.8 Å². The smallest absolute Gasteiger partial charge is 0.115 e. The van der Waals surface area contributed by atoms with E-state index in [9.17, 15) is 5.11 Å². The highest BCUT2D eigenvalue weighted by molar-refractivity contribution is 5.39. The lowest BCUT2D eigenvalue weighted by Gasteiger charge is -2.20. The number of nitrogen functional groups attached to an aromatic ring is 1. The molecule has 0 saturated heterocycles. The van der Waals surface area contributed by atoms with E-state index in [0.29, 0.717) is 5.75 Å². The van der Waals surface area contributed by atoms with Gasteiger partial charge in [0.1, 0.15) is 5.75 Å². The molecule has 0 spiro atoms. The van der Waals surface area contributed by atoms with E-state index in [1.54, 1.807) is 6.07 Å². The first-order chi connectivity index (χ1) is 9.17. The summed E-state index contributed by atoms with van der Waals surface area (Å²) in [6.45, 7) is 4.81. The number of nitrogens with zero attached hydrogens (tertiary/aromatic N) is 1. The van der Waals surface area contributed by atoms with Crippen molar-refractivity contribution < 1.29 is 5.11 Å². The number of hydrogen-bond acceptors (Lipinski definition) is 3. The average Bonchev–Trinajstić information content (AvgIpc) is 2.40. The van der Waals surface area contributed by atoms with Crippen molar-refractivity contribution in [1.82, 2.24) is 4.90 Å². The highest BCUT2D eigenvalue weighted by atomic mass is 16.3. The molecule has 2 aromatic carbocycles. The van der Waals surface area contributed by atoms with E-state index in [1.807, 2.05) is 30.3 Å². The molecule has 0 aliphatic carbocycles. The fraction of sp³-hybridized carbons (Fsp3) is 0.250. The Bertz CT molecular complexity index is 523. The summed E-state index contributed by atoms with van der Waals surface area (Å²) >= 11 is 0. The number of benzene rings is 2. The Morgan fingerprint density at radius 2 is 1.68 bits per heavy atom. The second-order valence-corrected chi connectivity index (χ2v) is 4.71. The second-order valence-electron chi connectivity index (χ2n) is 4.71. The largest absolute Gasteiger partial charge is 0.508 e.